The predicted octanol–water partition coefficient (Wildman–Crippen LogP) is 5.06. The Morgan fingerprint density at radius 1 is 0.844 bits per heavy atom. The van der Waals surface area contributed by atoms with Gasteiger partial charge in [0.1, 0.15) is 17.2 Å². The summed E-state index contributed by atoms with van der Waals surface area (Å²) in [7, 11) is 3.02. The number of imide groups is 1. The van der Waals surface area contributed by atoms with Crippen molar-refractivity contribution in [3.05, 3.63) is 88.6 Å². The number of nitrogens with zero attached hydrogens (tertiary/aromatic N) is 1. The number of hydrogen-bond donors (Lipinski definition) is 1. The van der Waals surface area contributed by atoms with E-state index in [2.05, 4.69) is 5.32 Å². The number of nitrogens with one attached hydrogen (secondary N) is 1. The highest BCUT2D eigenvalue weighted by molar-refractivity contribution is 6.46. The second-order valence-electron chi connectivity index (χ2n) is 7.21. The second kappa shape index (κ2) is 8.77. The van der Waals surface area contributed by atoms with Crippen LogP contribution in [0.5, 0.6) is 11.5 Å². The Labute approximate surface area is 191 Å². The highest BCUT2D eigenvalue weighted by Crippen LogP contribution is 2.38. The van der Waals surface area contributed by atoms with Gasteiger partial charge < -0.3 is 14.8 Å². The zero-order chi connectivity index (χ0) is 22.8. The molecule has 0 fully saturated rings. The van der Waals surface area contributed by atoms with E-state index in [4.69, 9.17) is 21.1 Å². The largest absolute Gasteiger partial charge is 0.495 e. The van der Waals surface area contributed by atoms with Crippen LogP contribution in [0.1, 0.15) is 11.1 Å². The van der Waals surface area contributed by atoms with Gasteiger partial charge in [0.25, 0.3) is 11.8 Å². The van der Waals surface area contributed by atoms with E-state index in [1.807, 2.05) is 31.2 Å². The molecule has 3 aromatic carbocycles. The summed E-state index contributed by atoms with van der Waals surface area (Å²) in [5, 5.41) is 3.48. The number of ether oxygens (including phenoxy) is 2. The number of carbonyl (C=O) groups is 2. The average molecular weight is 449 g/mol. The molecule has 1 aliphatic heterocycles. The fraction of sp³-hybridized carbons (Fsp3) is 0.120. The number of rotatable bonds is 6. The smallest absolute Gasteiger partial charge is 0.282 e. The van der Waals surface area contributed by atoms with Crippen LogP contribution in [0.2, 0.25) is 5.02 Å². The maximum absolute atomic E-state index is 13.5. The quantitative estimate of drug-likeness (QED) is 0.534. The molecule has 7 heteroatoms. The summed E-state index contributed by atoms with van der Waals surface area (Å²) < 4.78 is 10.6. The van der Waals surface area contributed by atoms with E-state index in [0.717, 1.165) is 10.5 Å². The maximum atomic E-state index is 13.5. The normalized spacial score (nSPS) is 13.6. The number of methoxy groups -OCH3 is 2. The Kier molecular flexibility index (Phi) is 5.88. The molecule has 0 spiro atoms. The number of anilines is 2. The maximum Gasteiger partial charge on any atom is 0.282 e. The van der Waals surface area contributed by atoms with E-state index in [0.29, 0.717) is 33.5 Å². The first-order chi connectivity index (χ1) is 15.4. The summed E-state index contributed by atoms with van der Waals surface area (Å²) in [6.07, 6.45) is 0. The second-order valence-corrected chi connectivity index (χ2v) is 7.62. The number of amides is 2. The van der Waals surface area contributed by atoms with E-state index in [1.165, 1.54) is 14.2 Å². The first kappa shape index (κ1) is 21.5. The Morgan fingerprint density at radius 3 is 2.19 bits per heavy atom. The van der Waals surface area contributed by atoms with Gasteiger partial charge in [0.05, 0.1) is 30.5 Å². The lowest BCUT2D eigenvalue weighted by molar-refractivity contribution is -0.120. The van der Waals surface area contributed by atoms with Crippen LogP contribution in [0.3, 0.4) is 0 Å². The molecule has 32 heavy (non-hydrogen) atoms. The summed E-state index contributed by atoms with van der Waals surface area (Å²) in [5.41, 5.74) is 3.04. The molecule has 6 nitrogen and oxygen atoms in total. The van der Waals surface area contributed by atoms with Crippen molar-refractivity contribution in [2.45, 2.75) is 6.92 Å². The molecule has 0 bridgehead atoms. The van der Waals surface area contributed by atoms with Gasteiger partial charge in [0.15, 0.2) is 0 Å². The molecule has 0 atom stereocenters. The van der Waals surface area contributed by atoms with Crippen molar-refractivity contribution in [1.29, 1.82) is 0 Å². The summed E-state index contributed by atoms with van der Waals surface area (Å²) in [4.78, 5) is 28.2. The average Bonchev–Trinajstić information content (AvgIpc) is 3.03. The topological polar surface area (TPSA) is 67.9 Å². The van der Waals surface area contributed by atoms with Crippen LogP contribution in [0.4, 0.5) is 11.4 Å². The lowest BCUT2D eigenvalue weighted by Gasteiger charge is -2.18. The SMILES string of the molecule is COc1ccc(NC2=C(c3ccc(C)cc3)C(=O)N(c3ccccc3OC)C2=O)cc1Cl. The number of halogens is 1. The van der Waals surface area contributed by atoms with E-state index >= 15 is 0 Å². The minimum absolute atomic E-state index is 0.158. The Balaban J connectivity index is 1.83. The minimum atomic E-state index is -0.484. The van der Waals surface area contributed by atoms with Crippen LogP contribution >= 0.6 is 11.6 Å². The molecule has 0 saturated heterocycles. The molecule has 0 unspecified atom stereocenters. The van der Waals surface area contributed by atoms with E-state index in [9.17, 15) is 9.59 Å². The Morgan fingerprint density at radius 2 is 1.53 bits per heavy atom. The minimum Gasteiger partial charge on any atom is -0.495 e. The molecule has 1 aliphatic rings. The van der Waals surface area contributed by atoms with Crippen LogP contribution in [0.15, 0.2) is 72.4 Å². The van der Waals surface area contributed by atoms with Gasteiger partial charge in [-0.2, -0.15) is 0 Å². The molecule has 0 aliphatic carbocycles. The lowest BCUT2D eigenvalue weighted by Crippen LogP contribution is -2.32. The van der Waals surface area contributed by atoms with Gasteiger partial charge in [0, 0.05) is 5.69 Å². The highest BCUT2D eigenvalue weighted by atomic mass is 35.5. The van der Waals surface area contributed by atoms with Crippen LogP contribution in [-0.4, -0.2) is 26.0 Å². The van der Waals surface area contributed by atoms with Crippen molar-refractivity contribution in [2.24, 2.45) is 0 Å². The van der Waals surface area contributed by atoms with E-state index in [1.54, 1.807) is 42.5 Å². The molecule has 0 saturated carbocycles. The molecule has 162 valence electrons. The van der Waals surface area contributed by atoms with Crippen molar-refractivity contribution in [1.82, 2.24) is 0 Å². The zero-order valence-corrected chi connectivity index (χ0v) is 18.6. The number of para-hydroxylation sites is 2. The third-order valence-electron chi connectivity index (χ3n) is 5.17. The molecule has 2 amide bonds. The van der Waals surface area contributed by atoms with Gasteiger partial charge in [-0.25, -0.2) is 4.90 Å². The van der Waals surface area contributed by atoms with Crippen molar-refractivity contribution in [2.75, 3.05) is 24.4 Å². The molecule has 3 aromatic rings. The standard InChI is InChI=1S/C25H21ClN2O4/c1-15-8-10-16(11-9-15)22-23(27-17-12-13-20(31-2)18(26)14-17)25(30)28(24(22)29)19-6-4-5-7-21(19)32-3/h4-14,27H,1-3H3. The predicted molar refractivity (Wildman–Crippen MR) is 125 cm³/mol. The van der Waals surface area contributed by atoms with Crippen LogP contribution < -0.4 is 19.7 Å². The molecule has 0 radical (unpaired) electrons. The summed E-state index contributed by atoms with van der Waals surface area (Å²) >= 11 is 6.26. The fourth-order valence-electron chi connectivity index (χ4n) is 3.56. The van der Waals surface area contributed by atoms with E-state index < -0.39 is 11.8 Å². The summed E-state index contributed by atoms with van der Waals surface area (Å²) in [6.45, 7) is 1.96. The van der Waals surface area contributed by atoms with Crippen molar-refractivity contribution in [3.8, 4) is 11.5 Å². The summed E-state index contributed by atoms with van der Waals surface area (Å²) in [5.74, 6) is 0.00750. The molecular formula is C25H21ClN2O4. The third kappa shape index (κ3) is 3.81. The number of carbonyl (C=O) groups excluding carboxylic acids is 2. The Hall–Kier alpha value is -3.77. The van der Waals surface area contributed by atoms with E-state index in [-0.39, 0.29) is 11.3 Å². The van der Waals surface area contributed by atoms with Crippen molar-refractivity contribution in [3.63, 3.8) is 0 Å². The van der Waals surface area contributed by atoms with Gasteiger partial charge in [-0.1, -0.05) is 53.6 Å². The highest BCUT2D eigenvalue weighted by Gasteiger charge is 2.41. The zero-order valence-electron chi connectivity index (χ0n) is 17.8. The van der Waals surface area contributed by atoms with Gasteiger partial charge in [-0.05, 0) is 42.8 Å². The third-order valence-corrected chi connectivity index (χ3v) is 5.47. The number of hydrogen-bond acceptors (Lipinski definition) is 5. The fourth-order valence-corrected chi connectivity index (χ4v) is 3.81. The van der Waals surface area contributed by atoms with Crippen molar-refractivity contribution < 1.29 is 19.1 Å². The van der Waals surface area contributed by atoms with Gasteiger partial charge in [-0.3, -0.25) is 9.59 Å². The molecule has 0 aromatic heterocycles. The first-order valence-electron chi connectivity index (χ1n) is 9.88. The van der Waals surface area contributed by atoms with Gasteiger partial charge in [-0.15, -0.1) is 0 Å². The first-order valence-corrected chi connectivity index (χ1v) is 10.3. The number of benzene rings is 3. The van der Waals surface area contributed by atoms with Gasteiger partial charge in [0.2, 0.25) is 0 Å². The summed E-state index contributed by atoms with van der Waals surface area (Å²) in [6, 6.07) is 19.4. The van der Waals surface area contributed by atoms with Gasteiger partial charge >= 0.3 is 0 Å². The Bertz CT molecular complexity index is 1230. The van der Waals surface area contributed by atoms with Crippen LogP contribution in [-0.2, 0) is 9.59 Å². The van der Waals surface area contributed by atoms with Crippen LogP contribution in [0, 0.1) is 6.92 Å². The lowest BCUT2D eigenvalue weighted by atomic mass is 10.0. The molecule has 4 rings (SSSR count). The molecule has 1 heterocycles. The molecule has 1 N–H and O–H groups in total. The van der Waals surface area contributed by atoms with Crippen LogP contribution in [0.25, 0.3) is 5.57 Å². The van der Waals surface area contributed by atoms with Crippen molar-refractivity contribution >= 4 is 40.4 Å². The number of aryl methyl sites for hydroxylation is 1. The molecular weight excluding hydrogens is 428 g/mol. The monoisotopic (exact) mass is 448 g/mol.